The minimum absolute atomic E-state index is 0. The van der Waals surface area contributed by atoms with Gasteiger partial charge in [0, 0.05) is 35.2 Å². The molecule has 5 nitrogen and oxygen atoms in total. The van der Waals surface area contributed by atoms with E-state index in [1.165, 1.54) is 18.4 Å². The Kier molecular flexibility index (Phi) is 9.02. The predicted molar refractivity (Wildman–Crippen MR) is 125 cm³/mol. The Balaban J connectivity index is 0.00000392. The lowest BCUT2D eigenvalue weighted by Gasteiger charge is -2.25. The van der Waals surface area contributed by atoms with E-state index in [4.69, 9.17) is 11.6 Å². The van der Waals surface area contributed by atoms with Crippen LogP contribution in [0.3, 0.4) is 0 Å². The average Bonchev–Trinajstić information content (AvgIpc) is 3.27. The van der Waals surface area contributed by atoms with E-state index in [-0.39, 0.29) is 46.4 Å². The van der Waals surface area contributed by atoms with E-state index in [9.17, 15) is 12.8 Å². The lowest BCUT2D eigenvalue weighted by Crippen LogP contribution is -2.42. The van der Waals surface area contributed by atoms with Crippen molar-refractivity contribution in [2.75, 3.05) is 31.6 Å². The molecule has 1 aliphatic rings. The number of hydrogen-bond acceptors (Lipinski definition) is 3. The zero-order valence-electron chi connectivity index (χ0n) is 16.8. The van der Waals surface area contributed by atoms with Gasteiger partial charge in [0.15, 0.2) is 5.96 Å². The summed E-state index contributed by atoms with van der Waals surface area (Å²) >= 11 is 6.20. The summed E-state index contributed by atoms with van der Waals surface area (Å²) in [5, 5.41) is 6.85. The number of sulfone groups is 1. The minimum atomic E-state index is -3.00. The average molecular weight is 546 g/mol. The molecule has 28 heavy (non-hydrogen) atoms. The van der Waals surface area contributed by atoms with Gasteiger partial charge in [-0.25, -0.2) is 12.8 Å². The number of guanidine groups is 1. The van der Waals surface area contributed by atoms with Crippen molar-refractivity contribution < 1.29 is 12.8 Å². The molecule has 9 heteroatoms. The second-order valence-corrected chi connectivity index (χ2v) is 10.7. The first-order valence-corrected chi connectivity index (χ1v) is 11.6. The second kappa shape index (κ2) is 9.93. The Morgan fingerprint density at radius 2 is 1.96 bits per heavy atom. The van der Waals surface area contributed by atoms with E-state index in [1.807, 2.05) is 20.8 Å². The van der Waals surface area contributed by atoms with Crippen molar-refractivity contribution in [2.24, 2.45) is 10.4 Å². The van der Waals surface area contributed by atoms with E-state index < -0.39 is 9.84 Å². The number of hydrogen-bond donors (Lipinski definition) is 2. The highest BCUT2D eigenvalue weighted by Gasteiger charge is 2.45. The molecule has 2 N–H and O–H groups in total. The molecule has 1 aromatic carbocycles. The van der Waals surface area contributed by atoms with Crippen LogP contribution >= 0.6 is 35.6 Å². The van der Waals surface area contributed by atoms with E-state index >= 15 is 0 Å². The SMILES string of the molecule is CCNC(=NCC(C)(C)c1ccc(F)cc1Cl)NCC1(CS(C)(=O)=O)CC1.I. The normalized spacial score (nSPS) is 16.3. The fourth-order valence-electron chi connectivity index (χ4n) is 3.12. The van der Waals surface area contributed by atoms with Crippen LogP contribution in [0.2, 0.25) is 5.02 Å². The summed E-state index contributed by atoms with van der Waals surface area (Å²) in [7, 11) is -3.00. The van der Waals surface area contributed by atoms with Crippen LogP contribution in [0.1, 0.15) is 39.2 Å². The van der Waals surface area contributed by atoms with Crippen molar-refractivity contribution >= 4 is 51.4 Å². The maximum atomic E-state index is 13.3. The molecule has 0 saturated heterocycles. The van der Waals surface area contributed by atoms with Gasteiger partial charge >= 0.3 is 0 Å². The number of aliphatic imine (C=N–C) groups is 1. The standard InChI is InChI=1S/C19H29ClFN3O2S.HI/c1-5-22-17(24-12-19(8-9-19)13-27(4,25)26)23-11-18(2,3)15-7-6-14(21)10-16(15)20;/h6-7,10H,5,8-9,11-13H2,1-4H3,(H2,22,23,24);1H. The third kappa shape index (κ3) is 7.67. The zero-order valence-corrected chi connectivity index (χ0v) is 20.7. The first-order chi connectivity index (χ1) is 12.5. The molecule has 0 aliphatic heterocycles. The lowest BCUT2D eigenvalue weighted by atomic mass is 9.84. The summed E-state index contributed by atoms with van der Waals surface area (Å²) in [6.45, 7) is 7.71. The molecule has 1 saturated carbocycles. The Bertz CT molecular complexity index is 811. The van der Waals surface area contributed by atoms with Gasteiger partial charge in [-0.05, 0) is 37.5 Å². The first kappa shape index (κ1) is 25.4. The molecule has 0 unspecified atom stereocenters. The Morgan fingerprint density at radius 3 is 2.46 bits per heavy atom. The monoisotopic (exact) mass is 545 g/mol. The number of nitrogens with zero attached hydrogens (tertiary/aromatic N) is 1. The quantitative estimate of drug-likeness (QED) is 0.297. The zero-order chi connectivity index (χ0) is 20.3. The molecule has 1 fully saturated rings. The largest absolute Gasteiger partial charge is 0.357 e. The van der Waals surface area contributed by atoms with Crippen LogP contribution in [-0.2, 0) is 15.3 Å². The number of halogens is 3. The Morgan fingerprint density at radius 1 is 1.32 bits per heavy atom. The third-order valence-corrected chi connectivity index (χ3v) is 6.24. The molecule has 1 aliphatic carbocycles. The molecule has 0 bridgehead atoms. The molecule has 160 valence electrons. The number of nitrogens with one attached hydrogen (secondary N) is 2. The van der Waals surface area contributed by atoms with Gasteiger partial charge in [-0.2, -0.15) is 0 Å². The van der Waals surface area contributed by atoms with Crippen LogP contribution in [0.25, 0.3) is 0 Å². The highest BCUT2D eigenvalue weighted by atomic mass is 127. The van der Waals surface area contributed by atoms with Crippen LogP contribution in [0.5, 0.6) is 0 Å². The van der Waals surface area contributed by atoms with Gasteiger partial charge in [-0.1, -0.05) is 31.5 Å². The van der Waals surface area contributed by atoms with Gasteiger partial charge in [0.25, 0.3) is 0 Å². The van der Waals surface area contributed by atoms with Crippen molar-refractivity contribution in [3.05, 3.63) is 34.6 Å². The molecule has 0 heterocycles. The molecule has 0 aromatic heterocycles. The van der Waals surface area contributed by atoms with Gasteiger partial charge in [-0.3, -0.25) is 4.99 Å². The summed E-state index contributed by atoms with van der Waals surface area (Å²) in [4.78, 5) is 4.64. The summed E-state index contributed by atoms with van der Waals surface area (Å²) in [5.74, 6) is 0.477. The summed E-state index contributed by atoms with van der Waals surface area (Å²) in [6.07, 6.45) is 3.09. The molecule has 0 atom stereocenters. The van der Waals surface area contributed by atoms with E-state index in [2.05, 4.69) is 15.6 Å². The highest BCUT2D eigenvalue weighted by molar-refractivity contribution is 14.0. The van der Waals surface area contributed by atoms with Crippen molar-refractivity contribution in [2.45, 2.75) is 39.0 Å². The first-order valence-electron chi connectivity index (χ1n) is 9.12. The highest BCUT2D eigenvalue weighted by Crippen LogP contribution is 2.46. The van der Waals surface area contributed by atoms with E-state index in [0.717, 1.165) is 18.4 Å². The molecular formula is C19H30ClFIN3O2S. The topological polar surface area (TPSA) is 70.6 Å². The summed E-state index contributed by atoms with van der Waals surface area (Å²) in [6, 6.07) is 4.41. The lowest BCUT2D eigenvalue weighted by molar-refractivity contribution is 0.520. The van der Waals surface area contributed by atoms with Crippen LogP contribution in [0.15, 0.2) is 23.2 Å². The van der Waals surface area contributed by atoms with Crippen LogP contribution < -0.4 is 10.6 Å². The van der Waals surface area contributed by atoms with Crippen molar-refractivity contribution in [1.82, 2.24) is 10.6 Å². The van der Waals surface area contributed by atoms with Gasteiger partial charge in [0.2, 0.25) is 0 Å². The van der Waals surface area contributed by atoms with Crippen LogP contribution in [0, 0.1) is 11.2 Å². The maximum absolute atomic E-state index is 13.3. The van der Waals surface area contributed by atoms with Crippen molar-refractivity contribution in [3.8, 4) is 0 Å². The molecule has 1 aromatic rings. The third-order valence-electron chi connectivity index (χ3n) is 4.79. The minimum Gasteiger partial charge on any atom is -0.357 e. The fourth-order valence-corrected chi connectivity index (χ4v) is 5.04. The number of benzene rings is 1. The maximum Gasteiger partial charge on any atom is 0.191 e. The number of rotatable bonds is 8. The Hall–Kier alpha value is -0.610. The smallest absolute Gasteiger partial charge is 0.191 e. The van der Waals surface area contributed by atoms with Gasteiger partial charge in [0.05, 0.1) is 12.3 Å². The van der Waals surface area contributed by atoms with Crippen molar-refractivity contribution in [1.29, 1.82) is 0 Å². The molecule has 0 amide bonds. The van der Waals surface area contributed by atoms with E-state index in [0.29, 0.717) is 30.6 Å². The summed E-state index contributed by atoms with van der Waals surface area (Å²) < 4.78 is 36.5. The van der Waals surface area contributed by atoms with Gasteiger partial charge in [0.1, 0.15) is 15.7 Å². The molecule has 0 radical (unpaired) electrons. The van der Waals surface area contributed by atoms with Crippen LogP contribution in [-0.4, -0.2) is 46.0 Å². The summed E-state index contributed by atoms with van der Waals surface area (Å²) in [5.41, 5.74) is 0.275. The fraction of sp³-hybridized carbons (Fsp3) is 0.632. The van der Waals surface area contributed by atoms with Crippen LogP contribution in [0.4, 0.5) is 4.39 Å². The second-order valence-electron chi connectivity index (χ2n) is 8.13. The molecule has 2 rings (SSSR count). The molecule has 0 spiro atoms. The Labute approximate surface area is 189 Å². The van der Waals surface area contributed by atoms with Gasteiger partial charge < -0.3 is 10.6 Å². The molecular weight excluding hydrogens is 516 g/mol. The predicted octanol–water partition coefficient (Wildman–Crippen LogP) is 3.75. The van der Waals surface area contributed by atoms with Gasteiger partial charge in [-0.15, -0.1) is 24.0 Å². The van der Waals surface area contributed by atoms with Crippen molar-refractivity contribution in [3.63, 3.8) is 0 Å². The van der Waals surface area contributed by atoms with E-state index in [1.54, 1.807) is 6.07 Å².